The van der Waals surface area contributed by atoms with Gasteiger partial charge in [0.05, 0.1) is 25.7 Å². The highest BCUT2D eigenvalue weighted by Gasteiger charge is 2.36. The number of amides is 1. The molecule has 2 atom stereocenters. The molecule has 3 aromatic carbocycles. The Labute approximate surface area is 268 Å². The first kappa shape index (κ1) is 32.2. The molecular weight excluding hydrogens is 570 g/mol. The van der Waals surface area contributed by atoms with E-state index in [1.54, 1.807) is 7.11 Å². The van der Waals surface area contributed by atoms with E-state index < -0.39 is 0 Å². The van der Waals surface area contributed by atoms with Crippen LogP contribution in [0.15, 0.2) is 60.7 Å². The van der Waals surface area contributed by atoms with Gasteiger partial charge < -0.3 is 24.6 Å². The molecule has 3 aromatic rings. The summed E-state index contributed by atoms with van der Waals surface area (Å²) in [5.74, 6) is 2.10. The Hall–Kier alpha value is -3.22. The quantitative estimate of drug-likeness (QED) is 0.222. The zero-order chi connectivity index (χ0) is 31.2. The van der Waals surface area contributed by atoms with Crippen molar-refractivity contribution >= 4 is 28.9 Å². The van der Waals surface area contributed by atoms with Crippen LogP contribution in [0.5, 0.6) is 11.5 Å². The van der Waals surface area contributed by atoms with Gasteiger partial charge in [-0.05, 0) is 123 Å². The van der Waals surface area contributed by atoms with Crippen molar-refractivity contribution in [1.29, 1.82) is 0 Å². The number of fused-ring (bicyclic) bond motifs is 1. The second-order valence-electron chi connectivity index (χ2n) is 12.5. The Balaban J connectivity index is 1.41. The summed E-state index contributed by atoms with van der Waals surface area (Å²) in [5.41, 5.74) is 5.03. The number of nitrogens with one attached hydrogen (secondary N) is 1. The van der Waals surface area contributed by atoms with Crippen LogP contribution >= 0.6 is 11.6 Å². The molecular formula is C37H48ClN3O3. The van der Waals surface area contributed by atoms with Crippen LogP contribution in [0.3, 0.4) is 0 Å². The Kier molecular flexibility index (Phi) is 10.8. The van der Waals surface area contributed by atoms with E-state index >= 15 is 0 Å². The van der Waals surface area contributed by atoms with Gasteiger partial charge in [0.2, 0.25) is 5.91 Å². The van der Waals surface area contributed by atoms with Gasteiger partial charge in [0.1, 0.15) is 0 Å². The van der Waals surface area contributed by atoms with Crippen molar-refractivity contribution in [3.8, 4) is 11.5 Å². The van der Waals surface area contributed by atoms with Crippen molar-refractivity contribution in [3.05, 3.63) is 82.4 Å². The summed E-state index contributed by atoms with van der Waals surface area (Å²) in [6.45, 7) is 8.55. The zero-order valence-corrected chi connectivity index (χ0v) is 27.7. The van der Waals surface area contributed by atoms with E-state index in [-0.39, 0.29) is 24.5 Å². The molecule has 1 aliphatic carbocycles. The largest absolute Gasteiger partial charge is 0.493 e. The number of methoxy groups -OCH3 is 1. The third-order valence-corrected chi connectivity index (χ3v) is 9.56. The van der Waals surface area contributed by atoms with Gasteiger partial charge in [-0.3, -0.25) is 4.79 Å². The van der Waals surface area contributed by atoms with Crippen molar-refractivity contribution in [2.45, 2.75) is 83.9 Å². The number of hydrogen-bond donors (Lipinski definition) is 1. The average molecular weight is 618 g/mol. The number of hydrogen-bond acceptors (Lipinski definition) is 5. The number of nitrogens with zero attached hydrogens (tertiary/aromatic N) is 2. The number of benzene rings is 3. The molecule has 1 N–H and O–H groups in total. The highest BCUT2D eigenvalue weighted by atomic mass is 35.5. The maximum Gasteiger partial charge on any atom is 0.232 e. The number of ether oxygens (including phenoxy) is 2. The first-order valence-corrected chi connectivity index (χ1v) is 16.7. The van der Waals surface area contributed by atoms with E-state index in [2.05, 4.69) is 68.4 Å². The van der Waals surface area contributed by atoms with Gasteiger partial charge in [-0.1, -0.05) is 37.6 Å². The molecule has 0 aromatic heterocycles. The molecule has 1 fully saturated rings. The minimum atomic E-state index is -0.325. The van der Waals surface area contributed by atoms with Crippen LogP contribution in [0.2, 0.25) is 5.02 Å². The summed E-state index contributed by atoms with van der Waals surface area (Å²) in [6, 6.07) is 20.7. The number of carbonyl (C=O) groups is 1. The van der Waals surface area contributed by atoms with E-state index in [0.717, 1.165) is 41.9 Å². The maximum absolute atomic E-state index is 13.9. The van der Waals surface area contributed by atoms with Crippen molar-refractivity contribution in [2.75, 3.05) is 37.0 Å². The molecule has 6 nitrogen and oxygen atoms in total. The highest BCUT2D eigenvalue weighted by molar-refractivity contribution is 6.30. The van der Waals surface area contributed by atoms with Gasteiger partial charge in [0.15, 0.2) is 11.5 Å². The lowest BCUT2D eigenvalue weighted by Gasteiger charge is -2.38. The summed E-state index contributed by atoms with van der Waals surface area (Å²) in [6.07, 6.45) is 7.45. The van der Waals surface area contributed by atoms with Crippen LogP contribution in [-0.4, -0.2) is 45.3 Å². The third kappa shape index (κ3) is 7.35. The molecule has 7 heteroatoms. The molecule has 1 heterocycles. The molecule has 1 saturated carbocycles. The van der Waals surface area contributed by atoms with E-state index in [4.69, 9.17) is 21.1 Å². The average Bonchev–Trinajstić information content (AvgIpc) is 3.04. The predicted octanol–water partition coefficient (Wildman–Crippen LogP) is 8.20. The molecule has 5 rings (SSSR count). The number of carbonyl (C=O) groups excluding carboxylic acids is 1. The molecule has 2 aliphatic rings. The monoisotopic (exact) mass is 617 g/mol. The SMILES string of the molecule is CCCNC1CCC(CN(C)c2ccc(N3C(=O)Cc4cc(OC)c(O[C@H](C)CC)cc4C3c3ccc(Cl)cc3)cc2)CC1. The maximum atomic E-state index is 13.9. The van der Waals surface area contributed by atoms with Crippen LogP contribution in [0.1, 0.15) is 82.0 Å². The van der Waals surface area contributed by atoms with Crippen molar-refractivity contribution in [2.24, 2.45) is 5.92 Å². The van der Waals surface area contributed by atoms with E-state index in [1.165, 1.54) is 37.8 Å². The molecule has 44 heavy (non-hydrogen) atoms. The van der Waals surface area contributed by atoms with Gasteiger partial charge in [0, 0.05) is 36.0 Å². The van der Waals surface area contributed by atoms with Crippen molar-refractivity contribution < 1.29 is 14.3 Å². The van der Waals surface area contributed by atoms with Crippen LogP contribution in [0.25, 0.3) is 0 Å². The Morgan fingerprint density at radius 2 is 1.70 bits per heavy atom. The van der Waals surface area contributed by atoms with Crippen LogP contribution in [0.4, 0.5) is 11.4 Å². The smallest absolute Gasteiger partial charge is 0.232 e. The number of anilines is 2. The predicted molar refractivity (Wildman–Crippen MR) is 182 cm³/mol. The lowest BCUT2D eigenvalue weighted by Crippen LogP contribution is -2.41. The fraction of sp³-hybridized carbons (Fsp3) is 0.486. The summed E-state index contributed by atoms with van der Waals surface area (Å²) in [4.78, 5) is 18.2. The topological polar surface area (TPSA) is 54.0 Å². The zero-order valence-electron chi connectivity index (χ0n) is 26.9. The second kappa shape index (κ2) is 14.7. The van der Waals surface area contributed by atoms with Crippen LogP contribution in [0, 0.1) is 5.92 Å². The lowest BCUT2D eigenvalue weighted by molar-refractivity contribution is -0.118. The van der Waals surface area contributed by atoms with E-state index in [1.807, 2.05) is 35.2 Å². The van der Waals surface area contributed by atoms with Gasteiger partial charge in [-0.25, -0.2) is 0 Å². The first-order valence-electron chi connectivity index (χ1n) is 16.3. The molecule has 236 valence electrons. The van der Waals surface area contributed by atoms with Crippen LogP contribution < -0.4 is 24.6 Å². The van der Waals surface area contributed by atoms with E-state index in [0.29, 0.717) is 28.5 Å². The molecule has 0 saturated heterocycles. The molecule has 0 bridgehead atoms. The summed E-state index contributed by atoms with van der Waals surface area (Å²) >= 11 is 6.29. The molecule has 1 amide bonds. The molecule has 0 radical (unpaired) electrons. The van der Waals surface area contributed by atoms with E-state index in [9.17, 15) is 4.79 Å². The first-order chi connectivity index (χ1) is 21.3. The van der Waals surface area contributed by atoms with Gasteiger partial charge >= 0.3 is 0 Å². The third-order valence-electron chi connectivity index (χ3n) is 9.31. The van der Waals surface area contributed by atoms with Crippen LogP contribution in [-0.2, 0) is 11.2 Å². The molecule has 1 aliphatic heterocycles. The van der Waals surface area contributed by atoms with Gasteiger partial charge in [0.25, 0.3) is 0 Å². The lowest BCUT2D eigenvalue weighted by atomic mass is 9.85. The minimum Gasteiger partial charge on any atom is -0.493 e. The van der Waals surface area contributed by atoms with Gasteiger partial charge in [-0.2, -0.15) is 0 Å². The summed E-state index contributed by atoms with van der Waals surface area (Å²) in [7, 11) is 3.83. The molecule has 0 spiro atoms. The normalized spacial score (nSPS) is 20.6. The van der Waals surface area contributed by atoms with Crippen molar-refractivity contribution in [1.82, 2.24) is 5.32 Å². The molecule has 1 unspecified atom stereocenters. The number of rotatable bonds is 12. The Bertz CT molecular complexity index is 1390. The Morgan fingerprint density at radius 1 is 1.00 bits per heavy atom. The highest BCUT2D eigenvalue weighted by Crippen LogP contribution is 2.44. The fourth-order valence-electron chi connectivity index (χ4n) is 6.63. The second-order valence-corrected chi connectivity index (χ2v) is 12.9. The van der Waals surface area contributed by atoms with Crippen molar-refractivity contribution in [3.63, 3.8) is 0 Å². The summed E-state index contributed by atoms with van der Waals surface area (Å²) in [5, 5.41) is 4.36. The summed E-state index contributed by atoms with van der Waals surface area (Å²) < 4.78 is 12.0. The fourth-order valence-corrected chi connectivity index (χ4v) is 6.76. The minimum absolute atomic E-state index is 0.0366. The Morgan fingerprint density at radius 3 is 2.34 bits per heavy atom. The van der Waals surface area contributed by atoms with Gasteiger partial charge in [-0.15, -0.1) is 0 Å². The standard InChI is InChI=1S/C37H48ClN3O3/c1-6-20-39-30-14-8-26(9-15-30)24-40(4)31-16-18-32(19-17-31)41-36(42)22-28-21-34(43-5)35(44-25(3)7-2)23-33(28)37(41)27-10-12-29(38)13-11-27/h10-13,16-19,21,23,25-26,30,37,39H,6-9,14-15,20,22,24H2,1-5H3/t25-,26?,30?,37?/m1/s1. The number of halogens is 1.